The number of nitrogens with zero attached hydrogens (tertiary/aromatic N) is 1. The van der Waals surface area contributed by atoms with Gasteiger partial charge in [-0.15, -0.1) is 0 Å². The Kier molecular flexibility index (Phi) is 3.57. The molecule has 2 rings (SSSR count). The molecule has 3 nitrogen and oxygen atoms in total. The fraction of sp³-hybridized carbons (Fsp3) is 0.214. The van der Waals surface area contributed by atoms with Crippen molar-refractivity contribution >= 4 is 5.97 Å². The Morgan fingerprint density at radius 3 is 2.40 bits per heavy atom. The molecular weight excluding hydrogens is 271 g/mol. The predicted octanol–water partition coefficient (Wildman–Crippen LogP) is 3.50. The van der Waals surface area contributed by atoms with Crippen LogP contribution in [0.4, 0.5) is 13.2 Å². The lowest BCUT2D eigenvalue weighted by Crippen LogP contribution is -2.11. The average Bonchev–Trinajstić information content (AvgIpc) is 2.78. The molecule has 20 heavy (non-hydrogen) atoms. The molecule has 106 valence electrons. The molecule has 1 heterocycles. The molecule has 6 heteroatoms. The number of aryl methyl sites for hydroxylation is 1. The third-order valence-electron chi connectivity index (χ3n) is 2.97. The van der Waals surface area contributed by atoms with Gasteiger partial charge in [-0.05, 0) is 17.7 Å². The molecule has 0 aliphatic heterocycles. The molecule has 0 N–H and O–H groups in total. The molecule has 0 spiro atoms. The minimum atomic E-state index is -4.49. The first-order chi connectivity index (χ1) is 9.36. The molecule has 1 aromatic heterocycles. The fourth-order valence-electron chi connectivity index (χ4n) is 2.06. The van der Waals surface area contributed by atoms with Crippen LogP contribution in [0.2, 0.25) is 0 Å². The first kappa shape index (κ1) is 14.2. The van der Waals surface area contributed by atoms with Gasteiger partial charge < -0.3 is 9.30 Å². The van der Waals surface area contributed by atoms with Gasteiger partial charge in [-0.25, -0.2) is 4.79 Å². The van der Waals surface area contributed by atoms with Crippen molar-refractivity contribution in [3.05, 3.63) is 47.8 Å². The van der Waals surface area contributed by atoms with Crippen molar-refractivity contribution < 1.29 is 22.7 Å². The lowest BCUT2D eigenvalue weighted by atomic mass is 9.99. The zero-order valence-corrected chi connectivity index (χ0v) is 10.9. The number of hydrogen-bond acceptors (Lipinski definition) is 2. The number of carbonyl (C=O) groups excluding carboxylic acids is 1. The Bertz CT molecular complexity index is 644. The lowest BCUT2D eigenvalue weighted by molar-refractivity contribution is -0.137. The van der Waals surface area contributed by atoms with Crippen LogP contribution in [0.1, 0.15) is 16.1 Å². The maximum absolute atomic E-state index is 13.0. The fourth-order valence-corrected chi connectivity index (χ4v) is 2.06. The number of aromatic nitrogens is 1. The molecule has 0 bridgehead atoms. The summed E-state index contributed by atoms with van der Waals surface area (Å²) in [5.41, 5.74) is -0.533. The Balaban J connectivity index is 2.68. The van der Waals surface area contributed by atoms with Gasteiger partial charge >= 0.3 is 12.1 Å². The molecule has 0 saturated heterocycles. The summed E-state index contributed by atoms with van der Waals surface area (Å²) in [6, 6.07) is 6.61. The zero-order chi connectivity index (χ0) is 14.9. The van der Waals surface area contributed by atoms with Crippen LogP contribution in [-0.2, 0) is 18.0 Å². The number of esters is 1. The maximum Gasteiger partial charge on any atom is 0.417 e. The third-order valence-corrected chi connectivity index (χ3v) is 2.97. The molecule has 0 saturated carbocycles. The number of rotatable bonds is 2. The number of alkyl halides is 3. The minimum Gasteiger partial charge on any atom is -0.464 e. The Morgan fingerprint density at radius 2 is 1.80 bits per heavy atom. The van der Waals surface area contributed by atoms with Gasteiger partial charge in [-0.1, -0.05) is 18.2 Å². The van der Waals surface area contributed by atoms with E-state index in [2.05, 4.69) is 4.74 Å². The standard InChI is InChI=1S/C14H12F3NO2/c1-18-8-7-10(12(18)13(19)20-2)9-5-3-4-6-11(9)14(15,16)17/h3-8H,1-2H3. The Morgan fingerprint density at radius 1 is 1.15 bits per heavy atom. The van der Waals surface area contributed by atoms with Crippen LogP contribution in [0.5, 0.6) is 0 Å². The van der Waals surface area contributed by atoms with Crippen LogP contribution in [0.15, 0.2) is 36.5 Å². The lowest BCUT2D eigenvalue weighted by Gasteiger charge is -2.13. The topological polar surface area (TPSA) is 31.2 Å². The van der Waals surface area contributed by atoms with Crippen LogP contribution in [0, 0.1) is 0 Å². The molecule has 0 aliphatic carbocycles. The summed E-state index contributed by atoms with van der Waals surface area (Å²) in [5.74, 6) is -0.676. The number of benzene rings is 1. The van der Waals surface area contributed by atoms with Crippen molar-refractivity contribution in [3.8, 4) is 11.1 Å². The Hall–Kier alpha value is -2.24. The second-order valence-electron chi connectivity index (χ2n) is 4.22. The van der Waals surface area contributed by atoms with Gasteiger partial charge in [0.05, 0.1) is 12.7 Å². The highest BCUT2D eigenvalue weighted by atomic mass is 19.4. The molecule has 0 aliphatic rings. The molecule has 0 unspecified atom stereocenters. The molecule has 0 fully saturated rings. The number of halogens is 3. The van der Waals surface area contributed by atoms with E-state index in [0.717, 1.165) is 6.07 Å². The van der Waals surface area contributed by atoms with E-state index in [1.54, 1.807) is 7.05 Å². The van der Waals surface area contributed by atoms with Gasteiger partial charge in [-0.2, -0.15) is 13.2 Å². The van der Waals surface area contributed by atoms with Gasteiger partial charge in [0.25, 0.3) is 0 Å². The third kappa shape index (κ3) is 2.41. The number of carbonyl (C=O) groups is 1. The first-order valence-corrected chi connectivity index (χ1v) is 5.76. The van der Waals surface area contributed by atoms with Crippen LogP contribution in [-0.4, -0.2) is 17.6 Å². The largest absolute Gasteiger partial charge is 0.464 e. The van der Waals surface area contributed by atoms with E-state index in [4.69, 9.17) is 0 Å². The van der Waals surface area contributed by atoms with Crippen molar-refractivity contribution in [2.75, 3.05) is 7.11 Å². The van der Waals surface area contributed by atoms with E-state index in [1.165, 1.54) is 42.1 Å². The highest BCUT2D eigenvalue weighted by molar-refractivity contribution is 5.96. The highest BCUT2D eigenvalue weighted by Gasteiger charge is 2.34. The van der Waals surface area contributed by atoms with E-state index in [1.807, 2.05) is 0 Å². The molecule has 0 atom stereocenters. The second kappa shape index (κ2) is 5.03. The smallest absolute Gasteiger partial charge is 0.417 e. The molecular formula is C14H12F3NO2. The molecule has 0 amide bonds. The van der Waals surface area contributed by atoms with Crippen molar-refractivity contribution in [2.24, 2.45) is 7.05 Å². The summed E-state index contributed by atoms with van der Waals surface area (Å²) in [7, 11) is 2.76. The van der Waals surface area contributed by atoms with E-state index < -0.39 is 17.7 Å². The van der Waals surface area contributed by atoms with Crippen molar-refractivity contribution in [2.45, 2.75) is 6.18 Å². The maximum atomic E-state index is 13.0. The molecule has 0 radical (unpaired) electrons. The number of hydrogen-bond donors (Lipinski definition) is 0. The SMILES string of the molecule is COC(=O)c1c(-c2ccccc2C(F)(F)F)ccn1C. The predicted molar refractivity (Wildman–Crippen MR) is 67.2 cm³/mol. The van der Waals surface area contributed by atoms with Crippen molar-refractivity contribution in [1.29, 1.82) is 0 Å². The van der Waals surface area contributed by atoms with Gasteiger partial charge in [0.15, 0.2) is 0 Å². The van der Waals surface area contributed by atoms with Crippen LogP contribution >= 0.6 is 0 Å². The van der Waals surface area contributed by atoms with Gasteiger partial charge in [-0.3, -0.25) is 0 Å². The summed E-state index contributed by atoms with van der Waals surface area (Å²) in [6.07, 6.45) is -2.96. The van der Waals surface area contributed by atoms with E-state index in [-0.39, 0.29) is 16.8 Å². The zero-order valence-electron chi connectivity index (χ0n) is 10.9. The summed E-state index contributed by atoms with van der Waals surface area (Å²) < 4.78 is 45.2. The second-order valence-corrected chi connectivity index (χ2v) is 4.22. The molecule has 1 aromatic carbocycles. The quantitative estimate of drug-likeness (QED) is 0.790. The highest BCUT2D eigenvalue weighted by Crippen LogP contribution is 2.38. The van der Waals surface area contributed by atoms with Gasteiger partial charge in [0.1, 0.15) is 5.69 Å². The number of ether oxygens (including phenoxy) is 1. The van der Waals surface area contributed by atoms with E-state index in [9.17, 15) is 18.0 Å². The summed E-state index contributed by atoms with van der Waals surface area (Å²) in [5, 5.41) is 0. The van der Waals surface area contributed by atoms with E-state index >= 15 is 0 Å². The first-order valence-electron chi connectivity index (χ1n) is 5.76. The van der Waals surface area contributed by atoms with Gasteiger partial charge in [0.2, 0.25) is 0 Å². The van der Waals surface area contributed by atoms with E-state index in [0.29, 0.717) is 0 Å². The van der Waals surface area contributed by atoms with Gasteiger partial charge in [0, 0.05) is 18.8 Å². The minimum absolute atomic E-state index is 0.0407. The summed E-state index contributed by atoms with van der Waals surface area (Å²) >= 11 is 0. The molecule has 2 aromatic rings. The Labute approximate surface area is 113 Å². The monoisotopic (exact) mass is 283 g/mol. The van der Waals surface area contributed by atoms with Crippen molar-refractivity contribution in [1.82, 2.24) is 4.57 Å². The average molecular weight is 283 g/mol. The van der Waals surface area contributed by atoms with Crippen LogP contribution < -0.4 is 0 Å². The van der Waals surface area contributed by atoms with Crippen LogP contribution in [0.3, 0.4) is 0 Å². The summed E-state index contributed by atoms with van der Waals surface area (Å²) in [6.45, 7) is 0. The normalized spacial score (nSPS) is 11.4. The van der Waals surface area contributed by atoms with Crippen LogP contribution in [0.25, 0.3) is 11.1 Å². The summed E-state index contributed by atoms with van der Waals surface area (Å²) in [4.78, 5) is 11.7. The van der Waals surface area contributed by atoms with Crippen molar-refractivity contribution in [3.63, 3.8) is 0 Å². The number of methoxy groups -OCH3 is 1.